The molecule has 4 heteroatoms. The van der Waals surface area contributed by atoms with Crippen molar-refractivity contribution in [1.29, 1.82) is 0 Å². The molecule has 2 rings (SSSR count). The summed E-state index contributed by atoms with van der Waals surface area (Å²) in [4.78, 5) is 12.1. The van der Waals surface area contributed by atoms with Crippen molar-refractivity contribution in [2.45, 2.75) is 39.2 Å². The maximum atomic E-state index is 12.1. The molecule has 0 fully saturated rings. The minimum Gasteiger partial charge on any atom is -0.492 e. The maximum Gasteiger partial charge on any atom is 0.260 e. The quantitative estimate of drug-likeness (QED) is 0.776. The molecule has 134 valence electrons. The lowest BCUT2D eigenvalue weighted by Crippen LogP contribution is -2.38. The molecular weight excluding hydrogens is 314 g/mol. The molecule has 1 atom stereocenters. The number of rotatable bonds is 7. The number of carbonyl (C=O) groups excluding carboxylic acids is 1. The number of carbonyl (C=O) groups is 1. The Morgan fingerprint density at radius 3 is 2.24 bits per heavy atom. The van der Waals surface area contributed by atoms with Crippen molar-refractivity contribution in [2.24, 2.45) is 0 Å². The molecule has 0 aliphatic rings. The molecule has 0 unspecified atom stereocenters. The van der Waals surface area contributed by atoms with Crippen LogP contribution in [0.4, 0.5) is 0 Å². The predicted molar refractivity (Wildman–Crippen MR) is 100 cm³/mol. The summed E-state index contributed by atoms with van der Waals surface area (Å²) >= 11 is 0. The molecular formula is C21H27NO3. The van der Waals surface area contributed by atoms with Crippen LogP contribution in [0.2, 0.25) is 0 Å². The SMILES string of the molecule is C[C@@H](Oc1ccc(C(C)(C)C)cc1)C(=O)NCCOc1ccccc1. The highest BCUT2D eigenvalue weighted by molar-refractivity contribution is 5.80. The molecule has 1 amide bonds. The number of para-hydroxylation sites is 1. The second kappa shape index (κ2) is 8.56. The molecule has 0 radical (unpaired) electrons. The molecule has 0 aliphatic carbocycles. The zero-order valence-electron chi connectivity index (χ0n) is 15.4. The van der Waals surface area contributed by atoms with E-state index in [4.69, 9.17) is 9.47 Å². The van der Waals surface area contributed by atoms with E-state index < -0.39 is 6.10 Å². The topological polar surface area (TPSA) is 47.6 Å². The molecule has 1 N–H and O–H groups in total. The van der Waals surface area contributed by atoms with Gasteiger partial charge in [-0.05, 0) is 42.2 Å². The average molecular weight is 341 g/mol. The molecule has 4 nitrogen and oxygen atoms in total. The Labute approximate surface area is 150 Å². The first-order chi connectivity index (χ1) is 11.9. The number of nitrogens with one attached hydrogen (secondary N) is 1. The highest BCUT2D eigenvalue weighted by atomic mass is 16.5. The van der Waals surface area contributed by atoms with Crippen molar-refractivity contribution in [3.8, 4) is 11.5 Å². The third-order valence-electron chi connectivity index (χ3n) is 3.82. The van der Waals surface area contributed by atoms with Gasteiger partial charge in [0.2, 0.25) is 0 Å². The van der Waals surface area contributed by atoms with Crippen LogP contribution in [0.3, 0.4) is 0 Å². The van der Waals surface area contributed by atoms with Crippen molar-refractivity contribution >= 4 is 5.91 Å². The Morgan fingerprint density at radius 2 is 1.64 bits per heavy atom. The molecule has 0 spiro atoms. The predicted octanol–water partition coefficient (Wildman–Crippen LogP) is 3.95. The van der Waals surface area contributed by atoms with E-state index in [1.54, 1.807) is 6.92 Å². The van der Waals surface area contributed by atoms with Gasteiger partial charge in [0, 0.05) is 0 Å². The smallest absolute Gasteiger partial charge is 0.260 e. The standard InChI is InChI=1S/C21H27NO3/c1-16(25-19-12-10-17(11-13-19)21(2,3)4)20(23)22-14-15-24-18-8-6-5-7-9-18/h5-13,16H,14-15H2,1-4H3,(H,22,23)/t16-/m1/s1. The van der Waals surface area contributed by atoms with E-state index in [-0.39, 0.29) is 11.3 Å². The lowest BCUT2D eigenvalue weighted by Gasteiger charge is -2.20. The molecule has 0 aromatic heterocycles. The highest BCUT2D eigenvalue weighted by Crippen LogP contribution is 2.24. The van der Waals surface area contributed by atoms with Gasteiger partial charge < -0.3 is 14.8 Å². The number of amides is 1. The first kappa shape index (κ1) is 18.8. The number of benzene rings is 2. The van der Waals surface area contributed by atoms with Gasteiger partial charge in [0.25, 0.3) is 5.91 Å². The molecule has 0 saturated heterocycles. The molecule has 0 bridgehead atoms. The highest BCUT2D eigenvalue weighted by Gasteiger charge is 2.16. The zero-order valence-corrected chi connectivity index (χ0v) is 15.4. The summed E-state index contributed by atoms with van der Waals surface area (Å²) in [6, 6.07) is 17.4. The third-order valence-corrected chi connectivity index (χ3v) is 3.82. The van der Waals surface area contributed by atoms with Crippen LogP contribution in [0.25, 0.3) is 0 Å². The van der Waals surface area contributed by atoms with Gasteiger partial charge in [-0.2, -0.15) is 0 Å². The number of ether oxygens (including phenoxy) is 2. The van der Waals surface area contributed by atoms with Gasteiger partial charge in [0.05, 0.1) is 6.54 Å². The Kier molecular flexibility index (Phi) is 6.45. The van der Waals surface area contributed by atoms with Gasteiger partial charge in [-0.15, -0.1) is 0 Å². The minimum atomic E-state index is -0.558. The van der Waals surface area contributed by atoms with Gasteiger partial charge in [0.1, 0.15) is 18.1 Å². The van der Waals surface area contributed by atoms with Gasteiger partial charge in [0.15, 0.2) is 6.10 Å². The van der Waals surface area contributed by atoms with Crippen LogP contribution in [-0.2, 0) is 10.2 Å². The monoisotopic (exact) mass is 341 g/mol. The Hall–Kier alpha value is -2.49. The lowest BCUT2D eigenvalue weighted by molar-refractivity contribution is -0.127. The summed E-state index contributed by atoms with van der Waals surface area (Å²) in [6.45, 7) is 9.08. The number of hydrogen-bond donors (Lipinski definition) is 1. The van der Waals surface area contributed by atoms with Gasteiger partial charge in [-0.25, -0.2) is 0 Å². The fourth-order valence-corrected chi connectivity index (χ4v) is 2.29. The normalized spacial score (nSPS) is 12.3. The second-order valence-corrected chi connectivity index (χ2v) is 6.99. The van der Waals surface area contributed by atoms with Crippen molar-refractivity contribution in [2.75, 3.05) is 13.2 Å². The van der Waals surface area contributed by atoms with E-state index in [0.29, 0.717) is 18.9 Å². The largest absolute Gasteiger partial charge is 0.492 e. The van der Waals surface area contributed by atoms with E-state index in [1.165, 1.54) is 5.56 Å². The third kappa shape index (κ3) is 6.14. The van der Waals surface area contributed by atoms with Crippen LogP contribution in [0, 0.1) is 0 Å². The minimum absolute atomic E-state index is 0.0975. The van der Waals surface area contributed by atoms with Gasteiger partial charge >= 0.3 is 0 Å². The summed E-state index contributed by atoms with van der Waals surface area (Å²) in [5.41, 5.74) is 1.33. The molecule has 0 aliphatic heterocycles. The van der Waals surface area contributed by atoms with Crippen LogP contribution >= 0.6 is 0 Å². The molecule has 0 saturated carbocycles. The Morgan fingerprint density at radius 1 is 1.00 bits per heavy atom. The van der Waals surface area contributed by atoms with Gasteiger partial charge in [-0.3, -0.25) is 4.79 Å². The van der Waals surface area contributed by atoms with E-state index in [0.717, 1.165) is 5.75 Å². The van der Waals surface area contributed by atoms with Crippen LogP contribution in [-0.4, -0.2) is 25.2 Å². The van der Waals surface area contributed by atoms with E-state index >= 15 is 0 Å². The molecule has 0 heterocycles. The Balaban J connectivity index is 1.74. The summed E-state index contributed by atoms with van der Waals surface area (Å²) in [7, 11) is 0. The van der Waals surface area contributed by atoms with Crippen LogP contribution in [0.1, 0.15) is 33.3 Å². The molecule has 2 aromatic carbocycles. The van der Waals surface area contributed by atoms with Crippen molar-refractivity contribution < 1.29 is 14.3 Å². The van der Waals surface area contributed by atoms with E-state index in [1.807, 2.05) is 54.6 Å². The number of hydrogen-bond acceptors (Lipinski definition) is 3. The average Bonchev–Trinajstić information content (AvgIpc) is 2.59. The summed E-state index contributed by atoms with van der Waals surface area (Å²) in [5.74, 6) is 1.33. The zero-order chi connectivity index (χ0) is 18.3. The van der Waals surface area contributed by atoms with Crippen LogP contribution < -0.4 is 14.8 Å². The van der Waals surface area contributed by atoms with Crippen molar-refractivity contribution in [3.05, 3.63) is 60.2 Å². The fourth-order valence-electron chi connectivity index (χ4n) is 2.29. The first-order valence-electron chi connectivity index (χ1n) is 8.59. The first-order valence-corrected chi connectivity index (χ1v) is 8.59. The second-order valence-electron chi connectivity index (χ2n) is 6.99. The molecule has 2 aromatic rings. The van der Waals surface area contributed by atoms with Crippen molar-refractivity contribution in [1.82, 2.24) is 5.32 Å². The summed E-state index contributed by atoms with van der Waals surface area (Å²) in [6.07, 6.45) is -0.558. The van der Waals surface area contributed by atoms with Crippen LogP contribution in [0.15, 0.2) is 54.6 Å². The Bertz CT molecular complexity index is 660. The fraction of sp³-hybridized carbons (Fsp3) is 0.381. The maximum absolute atomic E-state index is 12.1. The van der Waals surface area contributed by atoms with E-state index in [2.05, 4.69) is 26.1 Å². The summed E-state index contributed by atoms with van der Waals surface area (Å²) < 4.78 is 11.3. The summed E-state index contributed by atoms with van der Waals surface area (Å²) in [5, 5.41) is 2.82. The van der Waals surface area contributed by atoms with Gasteiger partial charge in [-0.1, -0.05) is 51.1 Å². The molecule has 25 heavy (non-hydrogen) atoms. The lowest BCUT2D eigenvalue weighted by atomic mass is 9.87. The van der Waals surface area contributed by atoms with Crippen LogP contribution in [0.5, 0.6) is 11.5 Å². The van der Waals surface area contributed by atoms with Crippen molar-refractivity contribution in [3.63, 3.8) is 0 Å². The van der Waals surface area contributed by atoms with E-state index in [9.17, 15) is 4.79 Å².